The van der Waals surface area contributed by atoms with E-state index in [-0.39, 0.29) is 19.1 Å². The number of amides is 2. The van der Waals surface area contributed by atoms with Crippen LogP contribution in [0.4, 0.5) is 4.79 Å². The van der Waals surface area contributed by atoms with Crippen LogP contribution in [-0.2, 0) is 4.79 Å². The molecule has 0 saturated carbocycles. The van der Waals surface area contributed by atoms with Gasteiger partial charge in [-0.3, -0.25) is 0 Å². The van der Waals surface area contributed by atoms with Crippen molar-refractivity contribution >= 4 is 12.0 Å². The fourth-order valence-corrected chi connectivity index (χ4v) is 1.38. The Morgan fingerprint density at radius 1 is 1.35 bits per heavy atom. The Labute approximate surface area is 102 Å². The summed E-state index contributed by atoms with van der Waals surface area (Å²) in [4.78, 5) is 24.1. The van der Waals surface area contributed by atoms with Gasteiger partial charge < -0.3 is 20.4 Å². The summed E-state index contributed by atoms with van der Waals surface area (Å²) in [7, 11) is 0. The van der Waals surface area contributed by atoms with E-state index in [9.17, 15) is 9.59 Å². The number of hydrogen-bond acceptors (Lipinski definition) is 3. The summed E-state index contributed by atoms with van der Waals surface area (Å²) in [5, 5.41) is 20.0. The van der Waals surface area contributed by atoms with Gasteiger partial charge in [-0.2, -0.15) is 0 Å². The van der Waals surface area contributed by atoms with Crippen LogP contribution in [-0.4, -0.2) is 52.9 Å². The third-order valence-electron chi connectivity index (χ3n) is 2.46. The third-order valence-corrected chi connectivity index (χ3v) is 2.46. The second-order valence-electron chi connectivity index (χ2n) is 3.79. The number of aliphatic carboxylic acids is 1. The van der Waals surface area contributed by atoms with E-state index in [4.69, 9.17) is 10.2 Å². The van der Waals surface area contributed by atoms with Gasteiger partial charge in [0.05, 0.1) is 0 Å². The summed E-state index contributed by atoms with van der Waals surface area (Å²) < 4.78 is 0. The highest BCUT2D eigenvalue weighted by Crippen LogP contribution is 1.98. The maximum Gasteiger partial charge on any atom is 0.326 e. The number of urea groups is 1. The monoisotopic (exact) mass is 246 g/mol. The van der Waals surface area contributed by atoms with E-state index < -0.39 is 12.0 Å². The van der Waals surface area contributed by atoms with Gasteiger partial charge in [0.1, 0.15) is 6.04 Å². The number of aliphatic hydroxyl groups is 1. The van der Waals surface area contributed by atoms with E-state index in [1.807, 2.05) is 13.8 Å². The van der Waals surface area contributed by atoms with Crippen LogP contribution < -0.4 is 5.32 Å². The smallest absolute Gasteiger partial charge is 0.326 e. The Morgan fingerprint density at radius 3 is 2.41 bits per heavy atom. The summed E-state index contributed by atoms with van der Waals surface area (Å²) in [5.74, 6) is -1.13. The zero-order valence-electron chi connectivity index (χ0n) is 10.5. The molecule has 0 saturated heterocycles. The maximum atomic E-state index is 11.7. The first kappa shape index (κ1) is 15.7. The van der Waals surface area contributed by atoms with Crippen LogP contribution in [0.25, 0.3) is 0 Å². The fourth-order valence-electron chi connectivity index (χ4n) is 1.38. The Morgan fingerprint density at radius 2 is 2.00 bits per heavy atom. The van der Waals surface area contributed by atoms with Gasteiger partial charge in [0.2, 0.25) is 0 Å². The number of nitrogens with one attached hydrogen (secondary N) is 1. The largest absolute Gasteiger partial charge is 0.480 e. The summed E-state index contributed by atoms with van der Waals surface area (Å²) in [6, 6.07) is -1.41. The molecule has 0 spiro atoms. The van der Waals surface area contributed by atoms with Gasteiger partial charge in [-0.25, -0.2) is 9.59 Å². The molecule has 0 aromatic carbocycles. The summed E-state index contributed by atoms with van der Waals surface area (Å²) in [6.45, 7) is 4.76. The van der Waals surface area contributed by atoms with Gasteiger partial charge in [-0.1, -0.05) is 13.3 Å². The lowest BCUT2D eigenvalue weighted by Gasteiger charge is -2.23. The number of carboxylic acid groups (broad SMARTS) is 1. The van der Waals surface area contributed by atoms with Crippen molar-refractivity contribution in [2.45, 2.75) is 39.2 Å². The van der Waals surface area contributed by atoms with Crippen molar-refractivity contribution in [1.82, 2.24) is 10.2 Å². The number of carbonyl (C=O) groups excluding carboxylic acids is 1. The molecule has 17 heavy (non-hydrogen) atoms. The minimum Gasteiger partial charge on any atom is -0.480 e. The van der Waals surface area contributed by atoms with E-state index in [0.29, 0.717) is 13.1 Å². The molecular weight excluding hydrogens is 224 g/mol. The van der Waals surface area contributed by atoms with Crippen molar-refractivity contribution in [2.24, 2.45) is 0 Å². The third kappa shape index (κ3) is 6.11. The number of rotatable bonds is 8. The lowest BCUT2D eigenvalue weighted by Crippen LogP contribution is -2.48. The van der Waals surface area contributed by atoms with Crippen molar-refractivity contribution in [3.63, 3.8) is 0 Å². The molecule has 100 valence electrons. The fraction of sp³-hybridized carbons (Fsp3) is 0.818. The predicted octanol–water partition coefficient (Wildman–Crippen LogP) is 0.654. The molecule has 0 aliphatic carbocycles. The molecule has 0 heterocycles. The van der Waals surface area contributed by atoms with Crippen LogP contribution in [0.2, 0.25) is 0 Å². The molecule has 0 rings (SSSR count). The molecule has 1 atom stereocenters. The summed E-state index contributed by atoms with van der Waals surface area (Å²) in [6.07, 6.45) is 1.88. The second-order valence-corrected chi connectivity index (χ2v) is 3.79. The van der Waals surface area contributed by atoms with Crippen molar-refractivity contribution < 1.29 is 19.8 Å². The molecule has 0 aliphatic rings. The van der Waals surface area contributed by atoms with Gasteiger partial charge in [0, 0.05) is 26.1 Å². The zero-order chi connectivity index (χ0) is 13.3. The summed E-state index contributed by atoms with van der Waals surface area (Å²) in [5.41, 5.74) is 0. The van der Waals surface area contributed by atoms with Crippen LogP contribution >= 0.6 is 0 Å². The molecule has 0 aromatic rings. The second kappa shape index (κ2) is 8.81. The van der Waals surface area contributed by atoms with Gasteiger partial charge in [-0.05, 0) is 13.3 Å². The highest BCUT2D eigenvalue weighted by atomic mass is 16.4. The SMILES string of the molecule is CCCCN(CC)C(=O)NC(CCO)C(=O)O. The number of nitrogens with zero attached hydrogens (tertiary/aromatic N) is 1. The molecule has 0 bridgehead atoms. The van der Waals surface area contributed by atoms with Gasteiger partial charge in [0.25, 0.3) is 0 Å². The van der Waals surface area contributed by atoms with E-state index in [2.05, 4.69) is 5.32 Å². The molecule has 0 fully saturated rings. The first-order chi connectivity index (χ1) is 8.06. The Hall–Kier alpha value is -1.30. The number of hydrogen-bond donors (Lipinski definition) is 3. The van der Waals surface area contributed by atoms with E-state index in [0.717, 1.165) is 12.8 Å². The lowest BCUT2D eigenvalue weighted by molar-refractivity contribution is -0.139. The minimum atomic E-state index is -1.13. The van der Waals surface area contributed by atoms with Crippen LogP contribution in [0.1, 0.15) is 33.1 Å². The number of unbranched alkanes of at least 4 members (excludes halogenated alkanes) is 1. The molecule has 0 radical (unpaired) electrons. The van der Waals surface area contributed by atoms with Crippen molar-refractivity contribution in [1.29, 1.82) is 0 Å². The molecular formula is C11H22N2O4. The average molecular weight is 246 g/mol. The van der Waals surface area contributed by atoms with E-state index in [1.54, 1.807) is 4.90 Å². The molecule has 6 heteroatoms. The van der Waals surface area contributed by atoms with Crippen molar-refractivity contribution in [3.8, 4) is 0 Å². The number of carbonyl (C=O) groups is 2. The summed E-state index contributed by atoms with van der Waals surface area (Å²) >= 11 is 0. The van der Waals surface area contributed by atoms with Crippen molar-refractivity contribution in [3.05, 3.63) is 0 Å². The molecule has 3 N–H and O–H groups in total. The normalized spacial score (nSPS) is 11.9. The molecule has 6 nitrogen and oxygen atoms in total. The van der Waals surface area contributed by atoms with Crippen LogP contribution in [0.5, 0.6) is 0 Å². The van der Waals surface area contributed by atoms with Crippen LogP contribution in [0.15, 0.2) is 0 Å². The molecule has 0 aromatic heterocycles. The highest BCUT2D eigenvalue weighted by Gasteiger charge is 2.21. The van der Waals surface area contributed by atoms with Gasteiger partial charge in [-0.15, -0.1) is 0 Å². The zero-order valence-corrected chi connectivity index (χ0v) is 10.5. The van der Waals surface area contributed by atoms with Crippen molar-refractivity contribution in [2.75, 3.05) is 19.7 Å². The first-order valence-corrected chi connectivity index (χ1v) is 5.95. The topological polar surface area (TPSA) is 89.9 Å². The van der Waals surface area contributed by atoms with Gasteiger partial charge >= 0.3 is 12.0 Å². The Kier molecular flexibility index (Phi) is 8.13. The number of aliphatic hydroxyl groups excluding tert-OH is 1. The Bertz CT molecular complexity index is 246. The molecule has 0 aliphatic heterocycles. The van der Waals surface area contributed by atoms with Gasteiger partial charge in [0.15, 0.2) is 0 Å². The lowest BCUT2D eigenvalue weighted by atomic mass is 10.2. The van der Waals surface area contributed by atoms with Crippen LogP contribution in [0.3, 0.4) is 0 Å². The Balaban J connectivity index is 4.30. The maximum absolute atomic E-state index is 11.7. The average Bonchev–Trinajstić information content (AvgIpc) is 2.29. The molecule has 2 amide bonds. The van der Waals surface area contributed by atoms with Crippen LogP contribution in [0, 0.1) is 0 Å². The van der Waals surface area contributed by atoms with E-state index >= 15 is 0 Å². The van der Waals surface area contributed by atoms with E-state index in [1.165, 1.54) is 0 Å². The quantitative estimate of drug-likeness (QED) is 0.586. The first-order valence-electron chi connectivity index (χ1n) is 5.95. The highest BCUT2D eigenvalue weighted by molar-refractivity contribution is 5.82. The standard InChI is InChI=1S/C11H22N2O4/c1-3-5-7-13(4-2)11(17)12-9(6-8-14)10(15)16/h9,14H,3-8H2,1-2H3,(H,12,17)(H,15,16). The molecule has 1 unspecified atom stereocenters. The number of carboxylic acids is 1. The minimum absolute atomic E-state index is 0.0202. The predicted molar refractivity (Wildman–Crippen MR) is 63.8 cm³/mol.